The zero-order valence-corrected chi connectivity index (χ0v) is 12.5. The van der Waals surface area contributed by atoms with E-state index in [0.29, 0.717) is 6.04 Å². The van der Waals surface area contributed by atoms with E-state index in [4.69, 9.17) is 0 Å². The first kappa shape index (κ1) is 14.4. The SMILES string of the molecule is Cn1cc(N2CCC[C@H](Nc3ccc([N+](=O)[O-])cc3)C2)cn1. The second-order valence-corrected chi connectivity index (χ2v) is 5.61. The molecular formula is C15H19N5O2. The highest BCUT2D eigenvalue weighted by Crippen LogP contribution is 2.22. The molecule has 7 heteroatoms. The highest BCUT2D eigenvalue weighted by molar-refractivity contribution is 5.50. The lowest BCUT2D eigenvalue weighted by atomic mass is 10.0. The van der Waals surface area contributed by atoms with Crippen LogP contribution >= 0.6 is 0 Å². The quantitative estimate of drug-likeness (QED) is 0.693. The van der Waals surface area contributed by atoms with E-state index < -0.39 is 0 Å². The highest BCUT2D eigenvalue weighted by atomic mass is 16.6. The maximum atomic E-state index is 10.7. The lowest BCUT2D eigenvalue weighted by molar-refractivity contribution is -0.384. The third kappa shape index (κ3) is 3.19. The minimum Gasteiger partial charge on any atom is -0.381 e. The number of hydrogen-bond donors (Lipinski definition) is 1. The Balaban J connectivity index is 1.63. The van der Waals surface area contributed by atoms with Gasteiger partial charge in [0, 0.05) is 50.2 Å². The summed E-state index contributed by atoms with van der Waals surface area (Å²) in [6, 6.07) is 6.92. The molecule has 2 aromatic rings. The van der Waals surface area contributed by atoms with E-state index in [1.54, 1.807) is 12.1 Å². The van der Waals surface area contributed by atoms with Gasteiger partial charge in [-0.2, -0.15) is 5.10 Å². The van der Waals surface area contributed by atoms with Crippen LogP contribution in [0.15, 0.2) is 36.7 Å². The molecular weight excluding hydrogens is 282 g/mol. The van der Waals surface area contributed by atoms with E-state index >= 15 is 0 Å². The van der Waals surface area contributed by atoms with Gasteiger partial charge in [0.05, 0.1) is 16.8 Å². The Bertz CT molecular complexity index is 652. The maximum absolute atomic E-state index is 10.7. The van der Waals surface area contributed by atoms with Crippen LogP contribution in [0.5, 0.6) is 0 Å². The number of benzene rings is 1. The van der Waals surface area contributed by atoms with Gasteiger partial charge in [-0.25, -0.2) is 0 Å². The van der Waals surface area contributed by atoms with Gasteiger partial charge in [-0.3, -0.25) is 14.8 Å². The standard InChI is InChI=1S/C15H19N5O2/c1-18-11-15(9-16-18)19-8-2-3-13(10-19)17-12-4-6-14(7-5-12)20(21)22/h4-7,9,11,13,17H,2-3,8,10H2,1H3/t13-/m0/s1. The molecule has 0 radical (unpaired) electrons. The van der Waals surface area contributed by atoms with Crippen molar-refractivity contribution in [2.75, 3.05) is 23.3 Å². The molecule has 0 unspecified atom stereocenters. The van der Waals surface area contributed by atoms with Gasteiger partial charge in [-0.15, -0.1) is 0 Å². The van der Waals surface area contributed by atoms with Crippen molar-refractivity contribution < 1.29 is 4.92 Å². The number of anilines is 2. The number of nitrogens with one attached hydrogen (secondary N) is 1. The number of rotatable bonds is 4. The minimum atomic E-state index is -0.380. The zero-order valence-electron chi connectivity index (χ0n) is 12.5. The second kappa shape index (κ2) is 6.05. The number of non-ortho nitro benzene ring substituents is 1. The summed E-state index contributed by atoms with van der Waals surface area (Å²) in [6.07, 6.45) is 6.11. The number of nitro groups is 1. The fourth-order valence-electron chi connectivity index (χ4n) is 2.82. The van der Waals surface area contributed by atoms with Crippen LogP contribution in [0.4, 0.5) is 17.1 Å². The van der Waals surface area contributed by atoms with Crippen molar-refractivity contribution in [2.24, 2.45) is 7.05 Å². The summed E-state index contributed by atoms with van der Waals surface area (Å²) < 4.78 is 1.81. The number of nitro benzene ring substituents is 1. The van der Waals surface area contributed by atoms with Gasteiger partial charge in [0.15, 0.2) is 0 Å². The lowest BCUT2D eigenvalue weighted by Crippen LogP contribution is -2.42. The molecule has 1 aromatic carbocycles. The average molecular weight is 301 g/mol. The Morgan fingerprint density at radius 3 is 2.77 bits per heavy atom. The van der Waals surface area contributed by atoms with Crippen molar-refractivity contribution in [1.29, 1.82) is 0 Å². The van der Waals surface area contributed by atoms with Crippen molar-refractivity contribution in [1.82, 2.24) is 9.78 Å². The van der Waals surface area contributed by atoms with Crippen LogP contribution in [0.3, 0.4) is 0 Å². The summed E-state index contributed by atoms with van der Waals surface area (Å²) in [7, 11) is 1.92. The smallest absolute Gasteiger partial charge is 0.269 e. The van der Waals surface area contributed by atoms with Crippen LogP contribution in [0.2, 0.25) is 0 Å². The monoisotopic (exact) mass is 301 g/mol. The van der Waals surface area contributed by atoms with E-state index in [0.717, 1.165) is 37.3 Å². The second-order valence-electron chi connectivity index (χ2n) is 5.61. The molecule has 1 aliphatic heterocycles. The third-order valence-corrected chi connectivity index (χ3v) is 3.93. The van der Waals surface area contributed by atoms with Gasteiger partial charge >= 0.3 is 0 Å². The number of aromatic nitrogens is 2. The molecule has 0 saturated carbocycles. The summed E-state index contributed by atoms with van der Waals surface area (Å²) in [5.74, 6) is 0. The largest absolute Gasteiger partial charge is 0.381 e. The Kier molecular flexibility index (Phi) is 3.95. The first-order valence-corrected chi connectivity index (χ1v) is 7.36. The molecule has 1 aromatic heterocycles. The Hall–Kier alpha value is -2.57. The van der Waals surface area contributed by atoms with Crippen molar-refractivity contribution in [2.45, 2.75) is 18.9 Å². The fraction of sp³-hybridized carbons (Fsp3) is 0.400. The molecule has 116 valence electrons. The Labute approximate surface area is 128 Å². The minimum absolute atomic E-state index is 0.117. The normalized spacial score (nSPS) is 18.2. The molecule has 1 aliphatic rings. The molecule has 0 bridgehead atoms. The summed E-state index contributed by atoms with van der Waals surface area (Å²) in [5, 5.41) is 18.4. The fourth-order valence-corrected chi connectivity index (χ4v) is 2.82. The molecule has 2 heterocycles. The van der Waals surface area contributed by atoms with Gasteiger partial charge < -0.3 is 10.2 Å². The van der Waals surface area contributed by atoms with Gasteiger partial charge in [-0.05, 0) is 25.0 Å². The van der Waals surface area contributed by atoms with Gasteiger partial charge in [-0.1, -0.05) is 0 Å². The molecule has 1 fully saturated rings. The molecule has 7 nitrogen and oxygen atoms in total. The number of nitrogens with zero attached hydrogens (tertiary/aromatic N) is 4. The van der Waals surface area contributed by atoms with Crippen LogP contribution in [0.25, 0.3) is 0 Å². The van der Waals surface area contributed by atoms with Crippen LogP contribution in [0, 0.1) is 10.1 Å². The van der Waals surface area contributed by atoms with Gasteiger partial charge in [0.25, 0.3) is 5.69 Å². The highest BCUT2D eigenvalue weighted by Gasteiger charge is 2.21. The van der Waals surface area contributed by atoms with E-state index in [1.165, 1.54) is 12.1 Å². The van der Waals surface area contributed by atoms with E-state index in [-0.39, 0.29) is 10.6 Å². The average Bonchev–Trinajstić information content (AvgIpc) is 2.95. The van der Waals surface area contributed by atoms with E-state index in [2.05, 4.69) is 15.3 Å². The summed E-state index contributed by atoms with van der Waals surface area (Å²) in [6.45, 7) is 1.94. The first-order chi connectivity index (χ1) is 10.6. The van der Waals surface area contributed by atoms with Crippen molar-refractivity contribution >= 4 is 17.1 Å². The molecule has 0 aliphatic carbocycles. The molecule has 1 atom stereocenters. The molecule has 0 amide bonds. The predicted molar refractivity (Wildman–Crippen MR) is 85.2 cm³/mol. The van der Waals surface area contributed by atoms with Crippen molar-refractivity contribution in [3.8, 4) is 0 Å². The summed E-state index contributed by atoms with van der Waals surface area (Å²) in [4.78, 5) is 12.6. The zero-order chi connectivity index (χ0) is 15.5. The predicted octanol–water partition coefficient (Wildman–Crippen LogP) is 2.41. The van der Waals surface area contributed by atoms with Gasteiger partial charge in [0.2, 0.25) is 0 Å². The third-order valence-electron chi connectivity index (χ3n) is 3.93. The van der Waals surface area contributed by atoms with E-state index in [1.807, 2.05) is 24.1 Å². The first-order valence-electron chi connectivity index (χ1n) is 7.36. The van der Waals surface area contributed by atoms with Crippen molar-refractivity contribution in [3.63, 3.8) is 0 Å². The summed E-state index contributed by atoms with van der Waals surface area (Å²) in [5.41, 5.74) is 2.17. The Morgan fingerprint density at radius 1 is 1.36 bits per heavy atom. The number of piperidine rings is 1. The van der Waals surface area contributed by atoms with Crippen molar-refractivity contribution in [3.05, 3.63) is 46.8 Å². The maximum Gasteiger partial charge on any atom is 0.269 e. The topological polar surface area (TPSA) is 76.2 Å². The van der Waals surface area contributed by atoms with Crippen LogP contribution in [0.1, 0.15) is 12.8 Å². The molecule has 22 heavy (non-hydrogen) atoms. The van der Waals surface area contributed by atoms with Crippen LogP contribution in [-0.2, 0) is 7.05 Å². The van der Waals surface area contributed by atoms with Crippen LogP contribution < -0.4 is 10.2 Å². The summed E-state index contributed by atoms with van der Waals surface area (Å²) >= 11 is 0. The Morgan fingerprint density at radius 2 is 2.14 bits per heavy atom. The number of hydrogen-bond acceptors (Lipinski definition) is 5. The lowest BCUT2D eigenvalue weighted by Gasteiger charge is -2.34. The number of aryl methyl sites for hydroxylation is 1. The van der Waals surface area contributed by atoms with Crippen LogP contribution in [-0.4, -0.2) is 33.8 Å². The molecule has 3 rings (SSSR count). The molecule has 1 saturated heterocycles. The van der Waals surface area contributed by atoms with E-state index in [9.17, 15) is 10.1 Å². The molecule has 0 spiro atoms. The van der Waals surface area contributed by atoms with Gasteiger partial charge in [0.1, 0.15) is 0 Å². The molecule has 1 N–H and O–H groups in total.